The van der Waals surface area contributed by atoms with E-state index in [1.165, 1.54) is 25.8 Å². The average Bonchev–Trinajstić information content (AvgIpc) is 2.77. The molecule has 0 aliphatic carbocycles. The van der Waals surface area contributed by atoms with E-state index in [4.69, 9.17) is 0 Å². The van der Waals surface area contributed by atoms with Crippen LogP contribution in [0.15, 0.2) is 24.3 Å². The highest BCUT2D eigenvalue weighted by Crippen LogP contribution is 2.37. The minimum absolute atomic E-state index is 0.00912. The molecule has 4 heteroatoms. The smallest absolute Gasteiger partial charge is 0.255 e. The summed E-state index contributed by atoms with van der Waals surface area (Å²) < 4.78 is 0. The fraction of sp³-hybridized carbons (Fsp3) is 0.556. The fourth-order valence-electron chi connectivity index (χ4n) is 4.02. The summed E-state index contributed by atoms with van der Waals surface area (Å²) in [5.74, 6) is 0.00912. The molecule has 4 nitrogen and oxygen atoms in total. The lowest BCUT2D eigenvalue weighted by Crippen LogP contribution is -2.42. The summed E-state index contributed by atoms with van der Waals surface area (Å²) in [5.41, 5.74) is 1.31. The summed E-state index contributed by atoms with van der Waals surface area (Å²) in [4.78, 5) is 17.2. The van der Waals surface area contributed by atoms with Crippen LogP contribution in [0.25, 0.3) is 0 Å². The molecule has 1 aromatic rings. The second-order valence-electron chi connectivity index (χ2n) is 6.55. The van der Waals surface area contributed by atoms with Gasteiger partial charge < -0.3 is 9.80 Å². The summed E-state index contributed by atoms with van der Waals surface area (Å²) in [6.07, 6.45) is 5.78. The van der Waals surface area contributed by atoms with Crippen molar-refractivity contribution >= 4 is 5.91 Å². The van der Waals surface area contributed by atoms with Crippen LogP contribution in [-0.2, 0) is 0 Å². The summed E-state index contributed by atoms with van der Waals surface area (Å²) >= 11 is 0. The van der Waals surface area contributed by atoms with Crippen molar-refractivity contribution in [1.82, 2.24) is 9.80 Å². The van der Waals surface area contributed by atoms with E-state index in [0.29, 0.717) is 16.7 Å². The first-order valence-electron chi connectivity index (χ1n) is 8.16. The fourth-order valence-corrected chi connectivity index (χ4v) is 4.02. The predicted octanol–water partition coefficient (Wildman–Crippen LogP) is 2.65. The molecule has 0 saturated carbocycles. The highest BCUT2D eigenvalue weighted by molar-refractivity contribution is 5.96. The monoisotopic (exact) mass is 297 g/mol. The normalized spacial score (nSPS) is 25.9. The maximum Gasteiger partial charge on any atom is 0.255 e. The van der Waals surface area contributed by atoms with Gasteiger partial charge in [0.25, 0.3) is 5.91 Å². The Labute approximate surface area is 132 Å². The SMILES string of the molecule is CN1CCC[C@@]12CCCN(C(=O)c1ccccc1C#N)CC2. The molecular weight excluding hydrogens is 274 g/mol. The van der Waals surface area contributed by atoms with Crippen molar-refractivity contribution in [3.8, 4) is 6.07 Å². The Morgan fingerprint density at radius 1 is 1.14 bits per heavy atom. The number of amides is 1. The van der Waals surface area contributed by atoms with Crippen molar-refractivity contribution < 1.29 is 4.79 Å². The van der Waals surface area contributed by atoms with Crippen molar-refractivity contribution in [2.45, 2.75) is 37.6 Å². The first-order valence-corrected chi connectivity index (χ1v) is 8.16. The number of hydrogen-bond donors (Lipinski definition) is 0. The Kier molecular flexibility index (Phi) is 4.17. The van der Waals surface area contributed by atoms with Crippen LogP contribution in [0.1, 0.15) is 48.0 Å². The van der Waals surface area contributed by atoms with Gasteiger partial charge in [-0.1, -0.05) is 12.1 Å². The zero-order valence-electron chi connectivity index (χ0n) is 13.2. The molecule has 0 N–H and O–H groups in total. The maximum absolute atomic E-state index is 12.8. The lowest BCUT2D eigenvalue weighted by atomic mass is 9.88. The molecule has 1 spiro atoms. The van der Waals surface area contributed by atoms with Gasteiger partial charge in [-0.15, -0.1) is 0 Å². The molecule has 2 fully saturated rings. The van der Waals surface area contributed by atoms with Gasteiger partial charge in [0.05, 0.1) is 17.2 Å². The molecule has 1 amide bonds. The average molecular weight is 297 g/mol. The molecule has 3 rings (SSSR count). The van der Waals surface area contributed by atoms with E-state index >= 15 is 0 Å². The van der Waals surface area contributed by atoms with Gasteiger partial charge in [0.1, 0.15) is 0 Å². The zero-order chi connectivity index (χ0) is 15.6. The number of nitrogens with zero attached hydrogens (tertiary/aromatic N) is 3. The molecule has 2 heterocycles. The third-order valence-corrected chi connectivity index (χ3v) is 5.43. The third kappa shape index (κ3) is 2.62. The van der Waals surface area contributed by atoms with Crippen LogP contribution >= 0.6 is 0 Å². The molecule has 2 saturated heterocycles. The van der Waals surface area contributed by atoms with Gasteiger partial charge in [-0.25, -0.2) is 0 Å². The maximum atomic E-state index is 12.8. The van der Waals surface area contributed by atoms with Gasteiger partial charge in [-0.05, 0) is 57.8 Å². The van der Waals surface area contributed by atoms with Gasteiger partial charge >= 0.3 is 0 Å². The van der Waals surface area contributed by atoms with Crippen LogP contribution < -0.4 is 0 Å². The number of hydrogen-bond acceptors (Lipinski definition) is 3. The molecule has 2 aliphatic rings. The van der Waals surface area contributed by atoms with Crippen molar-refractivity contribution in [2.24, 2.45) is 0 Å². The molecular formula is C18H23N3O. The lowest BCUT2D eigenvalue weighted by Gasteiger charge is -2.35. The van der Waals surface area contributed by atoms with E-state index in [-0.39, 0.29) is 5.91 Å². The molecule has 0 unspecified atom stereocenters. The largest absolute Gasteiger partial charge is 0.339 e. The number of benzene rings is 1. The van der Waals surface area contributed by atoms with Gasteiger partial charge in [0.15, 0.2) is 0 Å². The molecule has 22 heavy (non-hydrogen) atoms. The van der Waals surface area contributed by atoms with Crippen LogP contribution in [0.5, 0.6) is 0 Å². The molecule has 1 aromatic carbocycles. The van der Waals surface area contributed by atoms with Gasteiger partial charge in [-0.3, -0.25) is 4.79 Å². The van der Waals surface area contributed by atoms with E-state index in [1.54, 1.807) is 18.2 Å². The topological polar surface area (TPSA) is 47.3 Å². The predicted molar refractivity (Wildman–Crippen MR) is 85.5 cm³/mol. The number of likely N-dealkylation sites (tertiary alicyclic amines) is 2. The standard InChI is InChI=1S/C18H23N3O/c1-20-11-4-8-18(20)9-5-12-21(13-10-18)17(22)16-7-3-2-6-15(16)14-19/h2-3,6-7H,4-5,8-13H2,1H3/t18-/m0/s1. The van der Waals surface area contributed by atoms with Crippen molar-refractivity contribution in [2.75, 3.05) is 26.7 Å². The molecule has 1 atom stereocenters. The van der Waals surface area contributed by atoms with Crippen LogP contribution in [0, 0.1) is 11.3 Å². The second kappa shape index (κ2) is 6.10. The molecule has 116 valence electrons. The van der Waals surface area contributed by atoms with Crippen LogP contribution in [-0.4, -0.2) is 47.9 Å². The third-order valence-electron chi connectivity index (χ3n) is 5.43. The summed E-state index contributed by atoms with van der Waals surface area (Å²) in [5, 5.41) is 9.20. The first-order chi connectivity index (χ1) is 10.7. The zero-order valence-corrected chi connectivity index (χ0v) is 13.2. The number of carbonyl (C=O) groups excluding carboxylic acids is 1. The van der Waals surface area contributed by atoms with Gasteiger partial charge in [0.2, 0.25) is 0 Å². The van der Waals surface area contributed by atoms with Crippen LogP contribution in [0.4, 0.5) is 0 Å². The number of nitriles is 1. The quantitative estimate of drug-likeness (QED) is 0.800. The molecule has 0 aromatic heterocycles. The molecule has 0 radical (unpaired) electrons. The van der Waals surface area contributed by atoms with Crippen molar-refractivity contribution in [3.05, 3.63) is 35.4 Å². The van der Waals surface area contributed by atoms with E-state index in [1.807, 2.05) is 11.0 Å². The second-order valence-corrected chi connectivity index (χ2v) is 6.55. The minimum atomic E-state index is 0.00912. The van der Waals surface area contributed by atoms with Crippen LogP contribution in [0.3, 0.4) is 0 Å². The first kappa shape index (κ1) is 15.1. The van der Waals surface area contributed by atoms with Crippen molar-refractivity contribution in [1.29, 1.82) is 5.26 Å². The lowest BCUT2D eigenvalue weighted by molar-refractivity contribution is 0.0749. The Balaban J connectivity index is 1.76. The highest BCUT2D eigenvalue weighted by Gasteiger charge is 2.40. The van der Waals surface area contributed by atoms with Gasteiger partial charge in [0, 0.05) is 18.6 Å². The number of rotatable bonds is 1. The Morgan fingerprint density at radius 3 is 2.55 bits per heavy atom. The Hall–Kier alpha value is -1.86. The van der Waals surface area contributed by atoms with Crippen LogP contribution in [0.2, 0.25) is 0 Å². The van der Waals surface area contributed by atoms with Gasteiger partial charge in [-0.2, -0.15) is 5.26 Å². The Morgan fingerprint density at radius 2 is 1.86 bits per heavy atom. The van der Waals surface area contributed by atoms with E-state index in [9.17, 15) is 10.1 Å². The summed E-state index contributed by atoms with van der Waals surface area (Å²) in [6.45, 7) is 2.77. The minimum Gasteiger partial charge on any atom is -0.339 e. The number of carbonyl (C=O) groups is 1. The summed E-state index contributed by atoms with van der Waals surface area (Å²) in [6, 6.07) is 9.26. The molecule has 0 bridgehead atoms. The van der Waals surface area contributed by atoms with Crippen molar-refractivity contribution in [3.63, 3.8) is 0 Å². The summed E-state index contributed by atoms with van der Waals surface area (Å²) in [7, 11) is 2.22. The molecule has 2 aliphatic heterocycles. The van der Waals surface area contributed by atoms with E-state index in [0.717, 1.165) is 25.9 Å². The highest BCUT2D eigenvalue weighted by atomic mass is 16.2. The van der Waals surface area contributed by atoms with E-state index in [2.05, 4.69) is 18.0 Å². The Bertz CT molecular complexity index is 607. The van der Waals surface area contributed by atoms with E-state index < -0.39 is 0 Å².